The van der Waals surface area contributed by atoms with Gasteiger partial charge in [-0.1, -0.05) is 24.3 Å². The molecule has 0 fully saturated rings. The van der Waals surface area contributed by atoms with Crippen LogP contribution in [0.3, 0.4) is 0 Å². The van der Waals surface area contributed by atoms with Gasteiger partial charge in [-0.2, -0.15) is 0 Å². The van der Waals surface area contributed by atoms with E-state index in [-0.39, 0.29) is 6.61 Å². The SMILES string of the molecule is COc1cc(C(=O)OCc2nc(-c3ccccc3)oc2C)ccc1C. The monoisotopic (exact) mass is 337 g/mol. The molecular weight excluding hydrogens is 318 g/mol. The van der Waals surface area contributed by atoms with E-state index in [1.54, 1.807) is 26.2 Å². The molecule has 0 aliphatic heterocycles. The number of esters is 1. The van der Waals surface area contributed by atoms with Gasteiger partial charge >= 0.3 is 5.97 Å². The van der Waals surface area contributed by atoms with Crippen molar-refractivity contribution in [1.29, 1.82) is 0 Å². The molecule has 0 radical (unpaired) electrons. The molecule has 0 unspecified atom stereocenters. The molecule has 0 atom stereocenters. The molecule has 3 aromatic rings. The summed E-state index contributed by atoms with van der Waals surface area (Å²) in [5.41, 5.74) is 2.88. The Balaban J connectivity index is 1.71. The lowest BCUT2D eigenvalue weighted by molar-refractivity contribution is 0.0466. The number of aromatic nitrogens is 1. The number of carbonyl (C=O) groups is 1. The maximum atomic E-state index is 12.2. The normalized spacial score (nSPS) is 10.5. The molecule has 0 amide bonds. The lowest BCUT2D eigenvalue weighted by atomic mass is 10.1. The molecule has 1 heterocycles. The van der Waals surface area contributed by atoms with E-state index in [0.29, 0.717) is 28.7 Å². The van der Waals surface area contributed by atoms with Crippen LogP contribution in [0.2, 0.25) is 0 Å². The zero-order valence-electron chi connectivity index (χ0n) is 14.4. The van der Waals surface area contributed by atoms with Crippen molar-refractivity contribution in [2.24, 2.45) is 0 Å². The van der Waals surface area contributed by atoms with Crippen LogP contribution in [-0.4, -0.2) is 18.1 Å². The van der Waals surface area contributed by atoms with Crippen molar-refractivity contribution in [2.45, 2.75) is 20.5 Å². The number of ether oxygens (including phenoxy) is 2. The highest BCUT2D eigenvalue weighted by Crippen LogP contribution is 2.23. The molecular formula is C20H19NO4. The first kappa shape index (κ1) is 16.8. The predicted molar refractivity (Wildman–Crippen MR) is 93.5 cm³/mol. The summed E-state index contributed by atoms with van der Waals surface area (Å²) in [5.74, 6) is 1.37. The van der Waals surface area contributed by atoms with Crippen LogP contribution >= 0.6 is 0 Å². The summed E-state index contributed by atoms with van der Waals surface area (Å²) in [4.78, 5) is 16.7. The van der Waals surface area contributed by atoms with Crippen molar-refractivity contribution in [2.75, 3.05) is 7.11 Å². The van der Waals surface area contributed by atoms with Crippen LogP contribution in [0, 0.1) is 13.8 Å². The molecule has 5 heteroatoms. The Morgan fingerprint density at radius 2 is 1.88 bits per heavy atom. The van der Waals surface area contributed by atoms with Gasteiger partial charge in [0, 0.05) is 5.56 Å². The number of nitrogens with zero attached hydrogens (tertiary/aromatic N) is 1. The first-order valence-electron chi connectivity index (χ1n) is 7.92. The number of oxazole rings is 1. The van der Waals surface area contributed by atoms with Crippen molar-refractivity contribution >= 4 is 5.97 Å². The molecule has 0 saturated heterocycles. The zero-order chi connectivity index (χ0) is 17.8. The number of rotatable bonds is 5. The fraction of sp³-hybridized carbons (Fsp3) is 0.200. The smallest absolute Gasteiger partial charge is 0.338 e. The topological polar surface area (TPSA) is 61.6 Å². The highest BCUT2D eigenvalue weighted by molar-refractivity contribution is 5.90. The van der Waals surface area contributed by atoms with Gasteiger partial charge in [-0.15, -0.1) is 0 Å². The minimum Gasteiger partial charge on any atom is -0.496 e. The number of hydrogen-bond acceptors (Lipinski definition) is 5. The van der Waals surface area contributed by atoms with Crippen LogP contribution in [0.15, 0.2) is 52.9 Å². The fourth-order valence-electron chi connectivity index (χ4n) is 2.43. The third-order valence-corrected chi connectivity index (χ3v) is 3.90. The van der Waals surface area contributed by atoms with Crippen LogP contribution in [0.25, 0.3) is 11.5 Å². The van der Waals surface area contributed by atoms with Crippen molar-refractivity contribution < 1.29 is 18.7 Å². The summed E-state index contributed by atoms with van der Waals surface area (Å²) in [6.45, 7) is 3.77. The molecule has 0 aliphatic rings. The van der Waals surface area contributed by atoms with Gasteiger partial charge in [-0.25, -0.2) is 9.78 Å². The summed E-state index contributed by atoms with van der Waals surface area (Å²) >= 11 is 0. The molecule has 1 aromatic heterocycles. The summed E-state index contributed by atoms with van der Waals surface area (Å²) in [5, 5.41) is 0. The van der Waals surface area contributed by atoms with E-state index in [9.17, 15) is 4.79 Å². The minimum absolute atomic E-state index is 0.0528. The molecule has 0 saturated carbocycles. The van der Waals surface area contributed by atoms with Crippen LogP contribution in [0.4, 0.5) is 0 Å². The van der Waals surface area contributed by atoms with Gasteiger partial charge in [-0.3, -0.25) is 0 Å². The summed E-state index contributed by atoms with van der Waals surface area (Å²) in [7, 11) is 1.57. The quantitative estimate of drug-likeness (QED) is 0.649. The Labute approximate surface area is 146 Å². The zero-order valence-corrected chi connectivity index (χ0v) is 14.4. The van der Waals surface area contributed by atoms with E-state index in [2.05, 4.69) is 4.98 Å². The Bertz CT molecular complexity index is 884. The fourth-order valence-corrected chi connectivity index (χ4v) is 2.43. The van der Waals surface area contributed by atoms with Crippen LogP contribution in [0.5, 0.6) is 5.75 Å². The number of carbonyl (C=O) groups excluding carboxylic acids is 1. The number of hydrogen-bond donors (Lipinski definition) is 0. The second-order valence-electron chi connectivity index (χ2n) is 5.65. The van der Waals surface area contributed by atoms with Crippen molar-refractivity contribution in [3.8, 4) is 17.2 Å². The van der Waals surface area contributed by atoms with Gasteiger partial charge in [0.25, 0.3) is 0 Å². The van der Waals surface area contributed by atoms with Crippen LogP contribution in [0.1, 0.15) is 27.4 Å². The maximum absolute atomic E-state index is 12.2. The van der Waals surface area contributed by atoms with E-state index in [0.717, 1.165) is 11.1 Å². The molecule has 3 rings (SSSR count). The molecule has 0 spiro atoms. The first-order valence-corrected chi connectivity index (χ1v) is 7.92. The van der Waals surface area contributed by atoms with Crippen molar-refractivity contribution in [3.05, 3.63) is 71.1 Å². The Morgan fingerprint density at radius 3 is 2.60 bits per heavy atom. The molecule has 128 valence electrons. The van der Waals surface area contributed by atoms with Gasteiger partial charge < -0.3 is 13.9 Å². The van der Waals surface area contributed by atoms with E-state index >= 15 is 0 Å². The Kier molecular flexibility index (Phi) is 4.84. The Hall–Kier alpha value is -3.08. The van der Waals surface area contributed by atoms with Gasteiger partial charge in [0.15, 0.2) is 0 Å². The van der Waals surface area contributed by atoms with Crippen LogP contribution < -0.4 is 4.74 Å². The van der Waals surface area contributed by atoms with Gasteiger partial charge in [0.1, 0.15) is 23.8 Å². The van der Waals surface area contributed by atoms with E-state index in [1.807, 2.05) is 43.3 Å². The average Bonchev–Trinajstić information content (AvgIpc) is 3.01. The summed E-state index contributed by atoms with van der Waals surface area (Å²) in [6, 6.07) is 14.8. The van der Waals surface area contributed by atoms with E-state index in [4.69, 9.17) is 13.9 Å². The van der Waals surface area contributed by atoms with Gasteiger partial charge in [0.2, 0.25) is 5.89 Å². The summed E-state index contributed by atoms with van der Waals surface area (Å²) in [6.07, 6.45) is 0. The highest BCUT2D eigenvalue weighted by Gasteiger charge is 2.15. The first-order chi connectivity index (χ1) is 12.1. The van der Waals surface area contributed by atoms with E-state index < -0.39 is 5.97 Å². The number of benzene rings is 2. The van der Waals surface area contributed by atoms with Crippen molar-refractivity contribution in [3.63, 3.8) is 0 Å². The Morgan fingerprint density at radius 1 is 1.12 bits per heavy atom. The maximum Gasteiger partial charge on any atom is 0.338 e. The lowest BCUT2D eigenvalue weighted by Crippen LogP contribution is -2.06. The lowest BCUT2D eigenvalue weighted by Gasteiger charge is -2.07. The average molecular weight is 337 g/mol. The molecule has 0 aliphatic carbocycles. The molecule has 2 aromatic carbocycles. The molecule has 5 nitrogen and oxygen atoms in total. The second kappa shape index (κ2) is 7.21. The third kappa shape index (κ3) is 3.71. The number of methoxy groups -OCH3 is 1. The number of aryl methyl sites for hydroxylation is 2. The third-order valence-electron chi connectivity index (χ3n) is 3.90. The highest BCUT2D eigenvalue weighted by atomic mass is 16.5. The van der Waals surface area contributed by atoms with Crippen LogP contribution in [-0.2, 0) is 11.3 Å². The minimum atomic E-state index is -0.429. The molecule has 0 bridgehead atoms. The van der Waals surface area contributed by atoms with Gasteiger partial charge in [-0.05, 0) is 43.7 Å². The largest absolute Gasteiger partial charge is 0.496 e. The standard InChI is InChI=1S/C20H19NO4/c1-13-9-10-16(11-18(13)23-3)20(22)24-12-17-14(2)25-19(21-17)15-7-5-4-6-8-15/h4-11H,12H2,1-3H3. The second-order valence-corrected chi connectivity index (χ2v) is 5.65. The molecule has 25 heavy (non-hydrogen) atoms. The van der Waals surface area contributed by atoms with E-state index in [1.165, 1.54) is 0 Å². The molecule has 0 N–H and O–H groups in total. The summed E-state index contributed by atoms with van der Waals surface area (Å²) < 4.78 is 16.3. The van der Waals surface area contributed by atoms with Gasteiger partial charge in [0.05, 0.1) is 12.7 Å². The predicted octanol–water partition coefficient (Wildman–Crippen LogP) is 4.32. The van der Waals surface area contributed by atoms with Crippen molar-refractivity contribution in [1.82, 2.24) is 4.98 Å².